The molecule has 84 valence electrons. The van der Waals surface area contributed by atoms with Crippen LogP contribution in [0.4, 0.5) is 5.13 Å². The van der Waals surface area contributed by atoms with Crippen molar-refractivity contribution in [2.75, 3.05) is 11.9 Å². The summed E-state index contributed by atoms with van der Waals surface area (Å²) in [5, 5.41) is 4.29. The maximum Gasteiger partial charge on any atom is 0.183 e. The normalized spacial score (nSPS) is 10.4. The van der Waals surface area contributed by atoms with Crippen LogP contribution < -0.4 is 5.32 Å². The highest BCUT2D eigenvalue weighted by atomic mass is 79.9. The molecule has 0 bridgehead atoms. The molecule has 1 heterocycles. The summed E-state index contributed by atoms with van der Waals surface area (Å²) < 4.78 is 1.10. The van der Waals surface area contributed by atoms with Crippen LogP contribution in [0.1, 0.15) is 13.3 Å². The van der Waals surface area contributed by atoms with Crippen LogP contribution in [0.5, 0.6) is 0 Å². The van der Waals surface area contributed by atoms with Gasteiger partial charge in [0.05, 0.1) is 4.88 Å². The van der Waals surface area contributed by atoms with Crippen molar-refractivity contribution >= 4 is 32.4 Å². The smallest absolute Gasteiger partial charge is 0.183 e. The largest absolute Gasteiger partial charge is 0.362 e. The van der Waals surface area contributed by atoms with Crippen molar-refractivity contribution in [2.24, 2.45) is 0 Å². The fraction of sp³-hybridized carbons (Fsp3) is 0.250. The predicted molar refractivity (Wildman–Crippen MR) is 74.0 cm³/mol. The molecule has 0 fully saturated rings. The first-order valence-corrected chi connectivity index (χ1v) is 6.86. The SMILES string of the molecule is CCCNc1ncc(-c2ccc(Br)cc2)s1. The van der Waals surface area contributed by atoms with Crippen LogP contribution in [0.25, 0.3) is 10.4 Å². The van der Waals surface area contributed by atoms with Crippen LogP contribution in [-0.4, -0.2) is 11.5 Å². The molecule has 0 saturated carbocycles. The van der Waals surface area contributed by atoms with Gasteiger partial charge in [-0.15, -0.1) is 0 Å². The second-order valence-corrected chi connectivity index (χ2v) is 5.41. The summed E-state index contributed by atoms with van der Waals surface area (Å²) >= 11 is 5.13. The predicted octanol–water partition coefficient (Wildman–Crippen LogP) is 4.39. The molecule has 1 N–H and O–H groups in total. The third-order valence-corrected chi connectivity index (χ3v) is 3.69. The minimum Gasteiger partial charge on any atom is -0.362 e. The van der Waals surface area contributed by atoms with Crippen LogP contribution in [0.3, 0.4) is 0 Å². The molecular formula is C12H13BrN2S. The summed E-state index contributed by atoms with van der Waals surface area (Å²) in [4.78, 5) is 5.55. The third-order valence-electron chi connectivity index (χ3n) is 2.16. The molecule has 4 heteroatoms. The molecule has 2 nitrogen and oxygen atoms in total. The number of nitrogens with one attached hydrogen (secondary N) is 1. The Kier molecular flexibility index (Phi) is 3.96. The number of aromatic nitrogens is 1. The number of anilines is 1. The number of hydrogen-bond donors (Lipinski definition) is 1. The lowest BCUT2D eigenvalue weighted by Gasteiger charge is -1.98. The fourth-order valence-electron chi connectivity index (χ4n) is 1.34. The van der Waals surface area contributed by atoms with E-state index < -0.39 is 0 Å². The van der Waals surface area contributed by atoms with Crippen LogP contribution in [0, 0.1) is 0 Å². The lowest BCUT2D eigenvalue weighted by atomic mass is 10.2. The average molecular weight is 297 g/mol. The Labute approximate surface area is 108 Å². The molecule has 16 heavy (non-hydrogen) atoms. The number of rotatable bonds is 4. The third kappa shape index (κ3) is 2.83. The summed E-state index contributed by atoms with van der Waals surface area (Å²) in [5.74, 6) is 0. The molecule has 0 aliphatic rings. The fourth-order valence-corrected chi connectivity index (χ4v) is 2.45. The highest BCUT2D eigenvalue weighted by molar-refractivity contribution is 9.10. The monoisotopic (exact) mass is 296 g/mol. The van der Waals surface area contributed by atoms with E-state index in [1.54, 1.807) is 11.3 Å². The minimum absolute atomic E-state index is 0.979. The maximum absolute atomic E-state index is 4.35. The van der Waals surface area contributed by atoms with Gasteiger partial charge >= 0.3 is 0 Å². The lowest BCUT2D eigenvalue weighted by Crippen LogP contribution is -1.97. The van der Waals surface area contributed by atoms with Crippen LogP contribution in [-0.2, 0) is 0 Å². The highest BCUT2D eigenvalue weighted by Gasteiger charge is 2.03. The van der Waals surface area contributed by atoms with Crippen molar-refractivity contribution in [1.29, 1.82) is 0 Å². The van der Waals surface area contributed by atoms with Gasteiger partial charge in [-0.25, -0.2) is 4.98 Å². The first-order valence-electron chi connectivity index (χ1n) is 5.25. The molecule has 0 spiro atoms. The topological polar surface area (TPSA) is 24.9 Å². The van der Waals surface area contributed by atoms with Gasteiger partial charge in [0, 0.05) is 17.2 Å². The van der Waals surface area contributed by atoms with E-state index in [0.717, 1.165) is 22.6 Å². The quantitative estimate of drug-likeness (QED) is 0.905. The highest BCUT2D eigenvalue weighted by Crippen LogP contribution is 2.29. The molecule has 1 aromatic heterocycles. The van der Waals surface area contributed by atoms with Gasteiger partial charge < -0.3 is 5.32 Å². The molecule has 0 saturated heterocycles. The Morgan fingerprint density at radius 1 is 1.31 bits per heavy atom. The van der Waals surface area contributed by atoms with E-state index in [0.29, 0.717) is 0 Å². The Bertz CT molecular complexity index is 450. The van der Waals surface area contributed by atoms with Crippen molar-refractivity contribution in [2.45, 2.75) is 13.3 Å². The zero-order valence-corrected chi connectivity index (χ0v) is 11.4. The Hall–Kier alpha value is -0.870. The van der Waals surface area contributed by atoms with Crippen LogP contribution >= 0.6 is 27.3 Å². The van der Waals surface area contributed by atoms with Crippen molar-refractivity contribution in [3.05, 3.63) is 34.9 Å². The first-order chi connectivity index (χ1) is 7.79. The second-order valence-electron chi connectivity index (χ2n) is 3.46. The second kappa shape index (κ2) is 5.46. The Morgan fingerprint density at radius 2 is 2.06 bits per heavy atom. The standard InChI is InChI=1S/C12H13BrN2S/c1-2-7-14-12-15-8-11(16-12)9-3-5-10(13)6-4-9/h3-6,8H,2,7H2,1H3,(H,14,15). The van der Waals surface area contributed by atoms with Crippen LogP contribution in [0.15, 0.2) is 34.9 Å². The maximum atomic E-state index is 4.35. The van der Waals surface area contributed by atoms with E-state index in [1.165, 1.54) is 10.4 Å². The summed E-state index contributed by atoms with van der Waals surface area (Å²) in [6, 6.07) is 8.30. The van der Waals surface area contributed by atoms with Crippen molar-refractivity contribution in [3.63, 3.8) is 0 Å². The number of thiazole rings is 1. The van der Waals surface area contributed by atoms with E-state index in [1.807, 2.05) is 18.3 Å². The average Bonchev–Trinajstić information content (AvgIpc) is 2.76. The minimum atomic E-state index is 0.979. The Morgan fingerprint density at radius 3 is 2.75 bits per heavy atom. The van der Waals surface area contributed by atoms with E-state index in [4.69, 9.17) is 0 Å². The lowest BCUT2D eigenvalue weighted by molar-refractivity contribution is 0.976. The van der Waals surface area contributed by atoms with Gasteiger partial charge in [0.2, 0.25) is 0 Å². The molecule has 1 aromatic carbocycles. The molecule has 0 atom stereocenters. The molecule has 0 amide bonds. The van der Waals surface area contributed by atoms with E-state index in [2.05, 4.69) is 45.3 Å². The first kappa shape index (κ1) is 11.6. The number of hydrogen-bond acceptors (Lipinski definition) is 3. The van der Waals surface area contributed by atoms with E-state index in [9.17, 15) is 0 Å². The summed E-state index contributed by atoms with van der Waals surface area (Å²) in [5.41, 5.74) is 1.21. The summed E-state index contributed by atoms with van der Waals surface area (Å²) in [7, 11) is 0. The molecule has 0 aliphatic heterocycles. The zero-order valence-electron chi connectivity index (χ0n) is 9.03. The van der Waals surface area contributed by atoms with Gasteiger partial charge in [0.15, 0.2) is 5.13 Å². The van der Waals surface area contributed by atoms with Gasteiger partial charge in [-0.1, -0.05) is 46.3 Å². The van der Waals surface area contributed by atoms with Crippen molar-refractivity contribution in [3.8, 4) is 10.4 Å². The molecule has 0 unspecified atom stereocenters. The van der Waals surface area contributed by atoms with Crippen molar-refractivity contribution < 1.29 is 0 Å². The molecule has 2 aromatic rings. The molecular weight excluding hydrogens is 284 g/mol. The molecule has 2 rings (SSSR count). The van der Waals surface area contributed by atoms with Gasteiger partial charge in [0.1, 0.15) is 0 Å². The molecule has 0 radical (unpaired) electrons. The number of benzene rings is 1. The van der Waals surface area contributed by atoms with Crippen molar-refractivity contribution in [1.82, 2.24) is 4.98 Å². The summed E-state index contributed by atoms with van der Waals surface area (Å²) in [6.45, 7) is 3.13. The molecule has 0 aliphatic carbocycles. The number of nitrogens with zero attached hydrogens (tertiary/aromatic N) is 1. The van der Waals surface area contributed by atoms with Gasteiger partial charge in [0.25, 0.3) is 0 Å². The van der Waals surface area contributed by atoms with E-state index in [-0.39, 0.29) is 0 Å². The van der Waals surface area contributed by atoms with E-state index >= 15 is 0 Å². The van der Waals surface area contributed by atoms with Gasteiger partial charge in [-0.05, 0) is 24.1 Å². The van der Waals surface area contributed by atoms with Gasteiger partial charge in [-0.3, -0.25) is 0 Å². The zero-order chi connectivity index (χ0) is 11.4. The van der Waals surface area contributed by atoms with Gasteiger partial charge in [-0.2, -0.15) is 0 Å². The Balaban J connectivity index is 2.15. The number of halogens is 1. The summed E-state index contributed by atoms with van der Waals surface area (Å²) in [6.07, 6.45) is 3.04. The van der Waals surface area contributed by atoms with Crippen LogP contribution in [0.2, 0.25) is 0 Å².